The second-order valence-corrected chi connectivity index (χ2v) is 6.46. The minimum absolute atomic E-state index is 0.109. The summed E-state index contributed by atoms with van der Waals surface area (Å²) in [4.78, 5) is 15.7. The summed E-state index contributed by atoms with van der Waals surface area (Å²) in [6.45, 7) is 2.84. The fraction of sp³-hybridized carbons (Fsp3) is 0.409. The van der Waals surface area contributed by atoms with E-state index in [4.69, 9.17) is 9.47 Å². The predicted octanol–water partition coefficient (Wildman–Crippen LogP) is 4.35. The molecule has 0 radical (unpaired) electrons. The third kappa shape index (κ3) is 9.16. The van der Waals surface area contributed by atoms with Crippen LogP contribution in [0.2, 0.25) is 0 Å². The number of benzene rings is 1. The molecule has 1 aromatic heterocycles. The Kier molecular flexibility index (Phi) is 10.2. The van der Waals surface area contributed by atoms with Crippen LogP contribution < -0.4 is 14.9 Å². The van der Waals surface area contributed by atoms with Crippen molar-refractivity contribution in [2.45, 2.75) is 45.4 Å². The van der Waals surface area contributed by atoms with Gasteiger partial charge in [0.25, 0.3) is 5.91 Å². The molecular weight excluding hydrogens is 354 g/mol. The van der Waals surface area contributed by atoms with Gasteiger partial charge in [-0.25, -0.2) is 5.43 Å². The third-order valence-corrected chi connectivity index (χ3v) is 4.05. The highest BCUT2D eigenvalue weighted by Crippen LogP contribution is 2.18. The van der Waals surface area contributed by atoms with Gasteiger partial charge in [-0.15, -0.1) is 0 Å². The van der Waals surface area contributed by atoms with Crippen molar-refractivity contribution in [2.24, 2.45) is 5.10 Å². The molecular formula is C22H29N3O3. The van der Waals surface area contributed by atoms with E-state index in [1.807, 2.05) is 18.2 Å². The van der Waals surface area contributed by atoms with Crippen molar-refractivity contribution >= 4 is 12.1 Å². The molecule has 0 spiro atoms. The Bertz CT molecular complexity index is 703. The lowest BCUT2D eigenvalue weighted by Crippen LogP contribution is -2.24. The predicted molar refractivity (Wildman–Crippen MR) is 111 cm³/mol. The van der Waals surface area contributed by atoms with Gasteiger partial charge >= 0.3 is 0 Å². The molecule has 28 heavy (non-hydrogen) atoms. The lowest BCUT2D eigenvalue weighted by atomic mass is 10.1. The van der Waals surface area contributed by atoms with E-state index < -0.39 is 0 Å². The minimum atomic E-state index is -0.330. The quantitative estimate of drug-likeness (QED) is 0.317. The summed E-state index contributed by atoms with van der Waals surface area (Å²) >= 11 is 0. The molecule has 0 aliphatic heterocycles. The smallest absolute Gasteiger partial charge is 0.277 e. The first-order valence-corrected chi connectivity index (χ1v) is 9.85. The second kappa shape index (κ2) is 13.3. The maximum Gasteiger partial charge on any atom is 0.277 e. The normalized spacial score (nSPS) is 10.8. The van der Waals surface area contributed by atoms with Crippen molar-refractivity contribution < 1.29 is 14.3 Å². The maximum absolute atomic E-state index is 11.8. The molecule has 0 bridgehead atoms. The van der Waals surface area contributed by atoms with Crippen LogP contribution in [0.4, 0.5) is 0 Å². The summed E-state index contributed by atoms with van der Waals surface area (Å²) in [5.74, 6) is 1.09. The van der Waals surface area contributed by atoms with Gasteiger partial charge in [0, 0.05) is 18.0 Å². The van der Waals surface area contributed by atoms with Crippen LogP contribution in [-0.4, -0.2) is 30.3 Å². The summed E-state index contributed by atoms with van der Waals surface area (Å²) in [6.07, 6.45) is 12.3. The summed E-state index contributed by atoms with van der Waals surface area (Å²) < 4.78 is 11.2. The van der Waals surface area contributed by atoms with Gasteiger partial charge in [-0.1, -0.05) is 45.1 Å². The van der Waals surface area contributed by atoms with Crippen LogP contribution in [0.5, 0.6) is 11.5 Å². The molecule has 1 aromatic carbocycles. The molecule has 1 N–H and O–H groups in total. The zero-order valence-corrected chi connectivity index (χ0v) is 16.5. The lowest BCUT2D eigenvalue weighted by molar-refractivity contribution is -0.123. The number of carbonyl (C=O) groups is 1. The summed E-state index contributed by atoms with van der Waals surface area (Å²) in [5.41, 5.74) is 3.22. The number of rotatable bonds is 13. The fourth-order valence-corrected chi connectivity index (χ4v) is 2.52. The van der Waals surface area contributed by atoms with Gasteiger partial charge in [0.05, 0.1) is 12.8 Å². The molecule has 0 aliphatic carbocycles. The number of hydrazone groups is 1. The molecule has 6 heteroatoms. The van der Waals surface area contributed by atoms with Gasteiger partial charge in [-0.05, 0) is 36.8 Å². The average molecular weight is 383 g/mol. The number of aromatic nitrogens is 1. The van der Waals surface area contributed by atoms with E-state index in [0.717, 1.165) is 24.3 Å². The standard InChI is InChI=1S/C22H29N3O3/c1-2-3-4-5-6-7-15-27-20-10-12-21(13-11-20)28-18-22(26)25-24-17-19-9-8-14-23-16-19/h8-14,16-17H,2-7,15,18H2,1H3,(H,25,26)/b24-17+. The number of amides is 1. The van der Waals surface area contributed by atoms with Crippen LogP contribution in [0, 0.1) is 0 Å². The summed E-state index contributed by atoms with van der Waals surface area (Å²) in [6, 6.07) is 10.9. The third-order valence-electron chi connectivity index (χ3n) is 4.05. The first-order chi connectivity index (χ1) is 13.8. The summed E-state index contributed by atoms with van der Waals surface area (Å²) in [5, 5.41) is 3.87. The first-order valence-electron chi connectivity index (χ1n) is 9.85. The van der Waals surface area contributed by atoms with E-state index in [1.165, 1.54) is 38.3 Å². The molecule has 2 rings (SSSR count). The van der Waals surface area contributed by atoms with Crippen molar-refractivity contribution in [1.29, 1.82) is 0 Å². The van der Waals surface area contributed by atoms with Crippen LogP contribution in [0.15, 0.2) is 53.9 Å². The Labute approximate surface area is 167 Å². The van der Waals surface area contributed by atoms with Crippen LogP contribution in [-0.2, 0) is 4.79 Å². The topological polar surface area (TPSA) is 72.8 Å². The molecule has 6 nitrogen and oxygen atoms in total. The van der Waals surface area contributed by atoms with E-state index in [-0.39, 0.29) is 12.5 Å². The highest BCUT2D eigenvalue weighted by molar-refractivity contribution is 5.82. The number of nitrogens with zero attached hydrogens (tertiary/aromatic N) is 2. The zero-order valence-electron chi connectivity index (χ0n) is 16.5. The van der Waals surface area contributed by atoms with Gasteiger partial charge in [-0.3, -0.25) is 9.78 Å². The van der Waals surface area contributed by atoms with Crippen molar-refractivity contribution in [1.82, 2.24) is 10.4 Å². The van der Waals surface area contributed by atoms with Gasteiger partial charge in [0.2, 0.25) is 0 Å². The van der Waals surface area contributed by atoms with Crippen LogP contribution in [0.25, 0.3) is 0 Å². The molecule has 0 unspecified atom stereocenters. The SMILES string of the molecule is CCCCCCCCOc1ccc(OCC(=O)N/N=C/c2cccnc2)cc1. The molecule has 0 atom stereocenters. The van der Waals surface area contributed by atoms with Crippen LogP contribution in [0.1, 0.15) is 51.0 Å². The van der Waals surface area contributed by atoms with E-state index >= 15 is 0 Å². The number of hydrogen-bond donors (Lipinski definition) is 1. The molecule has 2 aromatic rings. The van der Waals surface area contributed by atoms with Crippen molar-refractivity contribution in [3.8, 4) is 11.5 Å². The van der Waals surface area contributed by atoms with Crippen LogP contribution in [0.3, 0.4) is 0 Å². The highest BCUT2D eigenvalue weighted by atomic mass is 16.5. The van der Waals surface area contributed by atoms with Gasteiger partial charge in [0.15, 0.2) is 6.61 Å². The van der Waals surface area contributed by atoms with E-state index in [2.05, 4.69) is 22.4 Å². The Morgan fingerprint density at radius 1 is 1.04 bits per heavy atom. The zero-order chi connectivity index (χ0) is 19.9. The number of hydrogen-bond acceptors (Lipinski definition) is 5. The Hall–Kier alpha value is -2.89. The monoisotopic (exact) mass is 383 g/mol. The number of pyridine rings is 1. The molecule has 150 valence electrons. The van der Waals surface area contributed by atoms with E-state index in [0.29, 0.717) is 5.75 Å². The van der Waals surface area contributed by atoms with Crippen molar-refractivity contribution in [3.05, 3.63) is 54.4 Å². The van der Waals surface area contributed by atoms with Crippen molar-refractivity contribution in [3.63, 3.8) is 0 Å². The molecule has 0 aliphatic rings. The second-order valence-electron chi connectivity index (χ2n) is 6.46. The van der Waals surface area contributed by atoms with Crippen LogP contribution >= 0.6 is 0 Å². The highest BCUT2D eigenvalue weighted by Gasteiger charge is 2.02. The van der Waals surface area contributed by atoms with Gasteiger partial charge < -0.3 is 9.47 Å². The molecule has 1 heterocycles. The maximum atomic E-state index is 11.8. The van der Waals surface area contributed by atoms with Gasteiger partial charge in [-0.2, -0.15) is 5.10 Å². The molecule has 0 saturated heterocycles. The number of ether oxygens (including phenoxy) is 2. The average Bonchev–Trinajstić information content (AvgIpc) is 2.73. The Morgan fingerprint density at radius 3 is 2.46 bits per heavy atom. The fourth-order valence-electron chi connectivity index (χ4n) is 2.52. The minimum Gasteiger partial charge on any atom is -0.494 e. The molecule has 0 fully saturated rings. The summed E-state index contributed by atoms with van der Waals surface area (Å²) in [7, 11) is 0. The first kappa shape index (κ1) is 21.4. The Morgan fingerprint density at radius 2 is 1.75 bits per heavy atom. The molecule has 0 saturated carbocycles. The molecule has 1 amide bonds. The number of nitrogens with one attached hydrogen (secondary N) is 1. The largest absolute Gasteiger partial charge is 0.494 e. The van der Waals surface area contributed by atoms with Crippen molar-refractivity contribution in [2.75, 3.05) is 13.2 Å². The number of unbranched alkanes of at least 4 members (excludes halogenated alkanes) is 5. The lowest BCUT2D eigenvalue weighted by Gasteiger charge is -2.08. The van der Waals surface area contributed by atoms with E-state index in [9.17, 15) is 4.79 Å². The van der Waals surface area contributed by atoms with E-state index in [1.54, 1.807) is 30.6 Å². The van der Waals surface area contributed by atoms with Gasteiger partial charge in [0.1, 0.15) is 11.5 Å². The number of carbonyl (C=O) groups excluding carboxylic acids is 1. The Balaban J connectivity index is 1.60.